The Balaban J connectivity index is 1.57. The highest BCUT2D eigenvalue weighted by molar-refractivity contribution is 6.04. The van der Waals surface area contributed by atoms with Gasteiger partial charge in [0.05, 0.1) is 6.10 Å². The van der Waals surface area contributed by atoms with Gasteiger partial charge >= 0.3 is 0 Å². The lowest BCUT2D eigenvalue weighted by molar-refractivity contribution is 0.102. The zero-order valence-electron chi connectivity index (χ0n) is 17.5. The van der Waals surface area contributed by atoms with Gasteiger partial charge in [0.25, 0.3) is 5.91 Å². The quantitative estimate of drug-likeness (QED) is 0.436. The summed E-state index contributed by atoms with van der Waals surface area (Å²) < 4.78 is 11.6. The van der Waals surface area contributed by atoms with E-state index < -0.39 is 0 Å². The largest absolute Gasteiger partial charge is 0.491 e. The van der Waals surface area contributed by atoms with Gasteiger partial charge in [-0.25, -0.2) is 4.98 Å². The zero-order valence-corrected chi connectivity index (χ0v) is 17.5. The molecule has 0 spiro atoms. The average Bonchev–Trinajstić information content (AvgIpc) is 3.11. The Kier molecular flexibility index (Phi) is 5.27. The third-order valence-corrected chi connectivity index (χ3v) is 4.84. The van der Waals surface area contributed by atoms with Gasteiger partial charge in [0, 0.05) is 16.8 Å². The smallest absolute Gasteiger partial charge is 0.255 e. The van der Waals surface area contributed by atoms with E-state index in [0.29, 0.717) is 22.9 Å². The fraction of sp³-hybridized carbons (Fsp3) is 0.200. The van der Waals surface area contributed by atoms with Crippen molar-refractivity contribution in [3.8, 4) is 17.2 Å². The van der Waals surface area contributed by atoms with E-state index in [0.717, 1.165) is 22.2 Å². The van der Waals surface area contributed by atoms with E-state index in [1.165, 1.54) is 5.56 Å². The van der Waals surface area contributed by atoms with E-state index in [1.54, 1.807) is 12.1 Å². The fourth-order valence-electron chi connectivity index (χ4n) is 3.22. The summed E-state index contributed by atoms with van der Waals surface area (Å²) in [5.74, 6) is 0.993. The van der Waals surface area contributed by atoms with E-state index in [1.807, 2.05) is 69.3 Å². The first-order chi connectivity index (χ1) is 14.4. The maximum Gasteiger partial charge on any atom is 0.255 e. The molecule has 3 aromatic carbocycles. The van der Waals surface area contributed by atoms with Crippen molar-refractivity contribution >= 4 is 22.7 Å². The fourth-order valence-corrected chi connectivity index (χ4v) is 3.22. The average molecular weight is 400 g/mol. The molecule has 5 heteroatoms. The number of carbonyl (C=O) groups excluding carboxylic acids is 1. The van der Waals surface area contributed by atoms with Crippen LogP contribution in [0.1, 0.15) is 35.3 Å². The molecule has 1 amide bonds. The second-order valence-electron chi connectivity index (χ2n) is 7.65. The van der Waals surface area contributed by atoms with Gasteiger partial charge in [0.2, 0.25) is 5.89 Å². The topological polar surface area (TPSA) is 64.4 Å². The van der Waals surface area contributed by atoms with Crippen LogP contribution in [0.25, 0.3) is 22.6 Å². The Morgan fingerprint density at radius 1 is 1.00 bits per heavy atom. The molecule has 1 N–H and O–H groups in total. The number of anilines is 1. The molecule has 0 saturated carbocycles. The van der Waals surface area contributed by atoms with E-state index in [4.69, 9.17) is 9.15 Å². The molecule has 1 aromatic heterocycles. The van der Waals surface area contributed by atoms with Gasteiger partial charge in [0.1, 0.15) is 11.3 Å². The van der Waals surface area contributed by atoms with Crippen molar-refractivity contribution < 1.29 is 13.9 Å². The monoisotopic (exact) mass is 400 g/mol. The number of rotatable bonds is 5. The first-order valence-corrected chi connectivity index (χ1v) is 9.95. The number of aryl methyl sites for hydroxylation is 2. The van der Waals surface area contributed by atoms with Crippen LogP contribution in [-0.2, 0) is 0 Å². The van der Waals surface area contributed by atoms with Gasteiger partial charge in [-0.1, -0.05) is 12.1 Å². The van der Waals surface area contributed by atoms with Gasteiger partial charge in [0.15, 0.2) is 5.58 Å². The summed E-state index contributed by atoms with van der Waals surface area (Å²) in [5.41, 5.74) is 5.92. The number of nitrogens with zero attached hydrogens (tertiary/aromatic N) is 1. The van der Waals surface area contributed by atoms with Gasteiger partial charge < -0.3 is 14.5 Å². The minimum absolute atomic E-state index is 0.0453. The molecule has 1 heterocycles. The number of oxazole rings is 1. The van der Waals surface area contributed by atoms with Crippen LogP contribution in [0.5, 0.6) is 5.75 Å². The normalized spacial score (nSPS) is 11.1. The van der Waals surface area contributed by atoms with Crippen molar-refractivity contribution in [1.29, 1.82) is 0 Å². The molecule has 0 radical (unpaired) electrons. The lowest BCUT2D eigenvalue weighted by Crippen LogP contribution is -2.12. The molecule has 30 heavy (non-hydrogen) atoms. The summed E-state index contributed by atoms with van der Waals surface area (Å²) in [7, 11) is 0. The molecular formula is C25H24N2O3. The highest BCUT2D eigenvalue weighted by Crippen LogP contribution is 2.28. The number of carbonyl (C=O) groups is 1. The number of aromatic nitrogens is 1. The molecule has 0 aliphatic carbocycles. The van der Waals surface area contributed by atoms with Crippen LogP contribution in [0, 0.1) is 13.8 Å². The molecular weight excluding hydrogens is 376 g/mol. The third-order valence-electron chi connectivity index (χ3n) is 4.84. The molecule has 5 nitrogen and oxygen atoms in total. The Morgan fingerprint density at radius 2 is 1.77 bits per heavy atom. The van der Waals surface area contributed by atoms with Gasteiger partial charge in [-0.05, 0) is 87.4 Å². The molecule has 152 valence electrons. The summed E-state index contributed by atoms with van der Waals surface area (Å²) in [6, 6.07) is 18.7. The van der Waals surface area contributed by atoms with Crippen LogP contribution < -0.4 is 10.1 Å². The third kappa shape index (κ3) is 4.20. The summed E-state index contributed by atoms with van der Waals surface area (Å²) in [4.78, 5) is 17.3. The Labute approximate surface area is 175 Å². The van der Waals surface area contributed by atoms with E-state index in [9.17, 15) is 4.79 Å². The summed E-state index contributed by atoms with van der Waals surface area (Å²) in [6.45, 7) is 8.01. The second kappa shape index (κ2) is 8.03. The van der Waals surface area contributed by atoms with Crippen LogP contribution >= 0.6 is 0 Å². The predicted molar refractivity (Wildman–Crippen MR) is 119 cm³/mol. The Morgan fingerprint density at radius 3 is 2.57 bits per heavy atom. The molecule has 0 atom stereocenters. The van der Waals surface area contributed by atoms with E-state index in [-0.39, 0.29) is 12.0 Å². The van der Waals surface area contributed by atoms with Crippen LogP contribution in [0.3, 0.4) is 0 Å². The van der Waals surface area contributed by atoms with Crippen molar-refractivity contribution in [2.24, 2.45) is 0 Å². The molecule has 0 fully saturated rings. The summed E-state index contributed by atoms with van der Waals surface area (Å²) in [5, 5.41) is 2.94. The lowest BCUT2D eigenvalue weighted by Gasteiger charge is -2.11. The van der Waals surface area contributed by atoms with E-state index in [2.05, 4.69) is 17.2 Å². The van der Waals surface area contributed by atoms with Crippen LogP contribution in [0.4, 0.5) is 5.69 Å². The number of amides is 1. The number of benzene rings is 3. The standard InChI is InChI=1S/C25H24N2O3/c1-15(2)29-21-10-6-7-18(14-21)24(28)26-20-9-5-8-19(13-20)25-27-22-11-16(3)17(4)12-23(22)30-25/h5-15H,1-4H3,(H,26,28). The maximum absolute atomic E-state index is 12.7. The maximum atomic E-state index is 12.7. The molecule has 0 aliphatic heterocycles. The highest BCUT2D eigenvalue weighted by atomic mass is 16.5. The summed E-state index contributed by atoms with van der Waals surface area (Å²) >= 11 is 0. The van der Waals surface area contributed by atoms with Crippen molar-refractivity contribution in [2.75, 3.05) is 5.32 Å². The van der Waals surface area contributed by atoms with Crippen molar-refractivity contribution in [3.63, 3.8) is 0 Å². The van der Waals surface area contributed by atoms with Crippen molar-refractivity contribution in [2.45, 2.75) is 33.8 Å². The SMILES string of the molecule is Cc1cc2nc(-c3cccc(NC(=O)c4cccc(OC(C)C)c4)c3)oc2cc1C. The van der Waals surface area contributed by atoms with Crippen LogP contribution in [0.2, 0.25) is 0 Å². The van der Waals surface area contributed by atoms with Gasteiger partial charge in [-0.2, -0.15) is 0 Å². The molecule has 0 saturated heterocycles. The Bertz CT molecular complexity index is 1190. The first-order valence-electron chi connectivity index (χ1n) is 9.95. The molecule has 0 unspecified atom stereocenters. The van der Waals surface area contributed by atoms with Crippen molar-refractivity contribution in [3.05, 3.63) is 77.4 Å². The number of nitrogens with one attached hydrogen (secondary N) is 1. The van der Waals surface area contributed by atoms with Gasteiger partial charge in [-0.3, -0.25) is 4.79 Å². The van der Waals surface area contributed by atoms with Crippen molar-refractivity contribution in [1.82, 2.24) is 4.98 Å². The number of ether oxygens (including phenoxy) is 1. The van der Waals surface area contributed by atoms with Gasteiger partial charge in [-0.15, -0.1) is 0 Å². The second-order valence-corrected chi connectivity index (χ2v) is 7.65. The minimum atomic E-state index is -0.204. The molecule has 4 rings (SSSR count). The first kappa shape index (κ1) is 19.7. The lowest BCUT2D eigenvalue weighted by atomic mass is 10.1. The highest BCUT2D eigenvalue weighted by Gasteiger charge is 2.12. The zero-order chi connectivity index (χ0) is 21.3. The molecule has 0 bridgehead atoms. The molecule has 0 aliphatic rings. The minimum Gasteiger partial charge on any atom is -0.491 e. The predicted octanol–water partition coefficient (Wildman–Crippen LogP) is 6.15. The van der Waals surface area contributed by atoms with Crippen LogP contribution in [-0.4, -0.2) is 17.0 Å². The Hall–Kier alpha value is -3.60. The number of hydrogen-bond acceptors (Lipinski definition) is 4. The summed E-state index contributed by atoms with van der Waals surface area (Å²) in [6.07, 6.45) is 0.0453. The number of fused-ring (bicyclic) bond motifs is 1. The van der Waals surface area contributed by atoms with E-state index >= 15 is 0 Å². The van der Waals surface area contributed by atoms with Crippen LogP contribution in [0.15, 0.2) is 65.1 Å². The number of hydrogen-bond donors (Lipinski definition) is 1. The molecule has 4 aromatic rings.